The normalized spacial score (nSPS) is 11.5. The molecule has 0 fully saturated rings. The molecule has 5 aromatic carbocycles. The topological polar surface area (TPSA) is 0 Å². The van der Waals surface area contributed by atoms with Crippen molar-refractivity contribution < 1.29 is 0 Å². The molecule has 0 radical (unpaired) electrons. The van der Waals surface area contributed by atoms with Gasteiger partial charge in [0.15, 0.2) is 0 Å². The molecule has 41 heavy (non-hydrogen) atoms. The number of hydrogen-bond donors (Lipinski definition) is 0. The molecule has 0 N–H and O–H groups in total. The first kappa shape index (κ1) is 29.1. The summed E-state index contributed by atoms with van der Waals surface area (Å²) >= 11 is -3.54. The Balaban J connectivity index is 1.67. The van der Waals surface area contributed by atoms with Crippen molar-refractivity contribution in [1.82, 2.24) is 0 Å². The molecule has 0 unspecified atom stereocenters. The second kappa shape index (κ2) is 14.0. The molecule has 0 amide bonds. The summed E-state index contributed by atoms with van der Waals surface area (Å²) in [4.78, 5) is 0. The van der Waals surface area contributed by atoms with Gasteiger partial charge in [-0.2, -0.15) is 0 Å². The van der Waals surface area contributed by atoms with Gasteiger partial charge in [0.1, 0.15) is 0 Å². The molecule has 5 aromatic rings. The van der Waals surface area contributed by atoms with Crippen LogP contribution in [0.3, 0.4) is 0 Å². The number of unbranched alkanes of at least 4 members (excludes halogenated alkanes) is 6. The quantitative estimate of drug-likeness (QED) is 0.0521. The van der Waals surface area contributed by atoms with E-state index in [1.165, 1.54) is 48.7 Å². The zero-order valence-electron chi connectivity index (χ0n) is 24.9. The summed E-state index contributed by atoms with van der Waals surface area (Å²) in [5, 5.41) is 10.6. The average molecular weight is 639 g/mol. The van der Waals surface area contributed by atoms with E-state index in [2.05, 4.69) is 127 Å². The van der Waals surface area contributed by atoms with Gasteiger partial charge in [-0.05, 0) is 0 Å². The van der Waals surface area contributed by atoms with Crippen LogP contribution in [0.5, 0.6) is 0 Å². The van der Waals surface area contributed by atoms with E-state index in [4.69, 9.17) is 0 Å². The van der Waals surface area contributed by atoms with E-state index in [1.807, 2.05) is 0 Å². The van der Waals surface area contributed by atoms with Crippen molar-refractivity contribution in [3.8, 4) is 29.6 Å². The number of hydrogen-bond acceptors (Lipinski definition) is 0. The Bertz CT molecular complexity index is 1760. The number of benzene rings is 5. The molecule has 0 aliphatic heterocycles. The summed E-state index contributed by atoms with van der Waals surface area (Å²) < 4.78 is 13.6. The zero-order valence-corrected chi connectivity index (χ0v) is 27.7. The van der Waals surface area contributed by atoms with Crippen LogP contribution in [0.2, 0.25) is 0 Å². The molecule has 0 aliphatic rings. The van der Waals surface area contributed by atoms with Crippen molar-refractivity contribution in [1.29, 1.82) is 0 Å². The second-order valence-electron chi connectivity index (χ2n) is 11.0. The number of fused-ring (bicyclic) bond motifs is 2. The summed E-state index contributed by atoms with van der Waals surface area (Å²) in [7, 11) is 0. The van der Waals surface area contributed by atoms with Crippen LogP contribution in [0.25, 0.3) is 49.2 Å². The second-order valence-corrected chi connectivity index (χ2v) is 18.7. The maximum atomic E-state index is 3.74. The van der Waals surface area contributed by atoms with Gasteiger partial charge in [0.2, 0.25) is 0 Å². The fourth-order valence-electron chi connectivity index (χ4n) is 5.65. The summed E-state index contributed by atoms with van der Waals surface area (Å²) in [6.07, 6.45) is 12.0. The van der Waals surface area contributed by atoms with Crippen LogP contribution in [0.1, 0.15) is 84.1 Å². The maximum absolute atomic E-state index is 3.74. The third-order valence-electron chi connectivity index (χ3n) is 7.89. The molecule has 0 heterocycles. The van der Waals surface area contributed by atoms with E-state index in [9.17, 15) is 0 Å². The van der Waals surface area contributed by atoms with Gasteiger partial charge >= 0.3 is 252 Å². The van der Waals surface area contributed by atoms with Gasteiger partial charge < -0.3 is 0 Å². The van der Waals surface area contributed by atoms with Crippen molar-refractivity contribution in [3.63, 3.8) is 0 Å². The Kier molecular flexibility index (Phi) is 9.94. The third-order valence-corrected chi connectivity index (χ3v) is 14.7. The Hall–Kier alpha value is -3.38. The van der Waals surface area contributed by atoms with Crippen LogP contribution in [-0.4, -0.2) is 18.4 Å². The van der Waals surface area contributed by atoms with E-state index in [1.54, 1.807) is 0 Å². The molecule has 0 aliphatic carbocycles. The van der Waals surface area contributed by atoms with Crippen LogP contribution in [0, 0.1) is 29.6 Å². The van der Waals surface area contributed by atoms with Crippen molar-refractivity contribution in [2.75, 3.05) is 0 Å². The third kappa shape index (κ3) is 6.43. The number of rotatable bonds is 8. The predicted octanol–water partition coefficient (Wildman–Crippen LogP) is 10.9. The van der Waals surface area contributed by atoms with Gasteiger partial charge in [0.05, 0.1) is 0 Å². The van der Waals surface area contributed by atoms with Gasteiger partial charge in [-0.15, -0.1) is 0 Å². The van der Waals surface area contributed by atoms with Crippen molar-refractivity contribution in [3.05, 3.63) is 76.4 Å². The molecule has 0 saturated heterocycles. The van der Waals surface area contributed by atoms with E-state index in [0.29, 0.717) is 0 Å². The van der Waals surface area contributed by atoms with Crippen molar-refractivity contribution in [2.45, 2.75) is 78.6 Å². The van der Waals surface area contributed by atoms with Crippen molar-refractivity contribution >= 4 is 67.5 Å². The molecule has 0 spiro atoms. The molecule has 0 atom stereocenters. The van der Waals surface area contributed by atoms with Crippen LogP contribution in [0.15, 0.2) is 70.8 Å². The minimum absolute atomic E-state index is 0.933. The van der Waals surface area contributed by atoms with Gasteiger partial charge in [0.25, 0.3) is 0 Å². The first-order chi connectivity index (χ1) is 20.2. The zero-order chi connectivity index (χ0) is 28.5. The van der Waals surface area contributed by atoms with Gasteiger partial charge in [0, 0.05) is 0 Å². The molecule has 1 heteroatoms. The molecular formula is C40H40Sn. The summed E-state index contributed by atoms with van der Waals surface area (Å²) in [5.41, 5.74) is 1.24. The van der Waals surface area contributed by atoms with Crippen LogP contribution in [0.4, 0.5) is 0 Å². The Morgan fingerprint density at radius 3 is 1.54 bits per heavy atom. The minimum atomic E-state index is -3.54. The van der Waals surface area contributed by atoms with E-state index in [0.717, 1.165) is 57.8 Å². The van der Waals surface area contributed by atoms with Gasteiger partial charge in [-0.25, -0.2) is 0 Å². The molecule has 0 bridgehead atoms. The first-order valence-electron chi connectivity index (χ1n) is 15.5. The van der Waals surface area contributed by atoms with Gasteiger partial charge in [-0.1, -0.05) is 0 Å². The molecule has 0 aromatic heterocycles. The summed E-state index contributed by atoms with van der Waals surface area (Å²) in [6, 6.07) is 24.7. The Morgan fingerprint density at radius 2 is 1.00 bits per heavy atom. The molecule has 204 valence electrons. The average Bonchev–Trinajstić information content (AvgIpc) is 3.01. The SMILES string of the molecule is CCCCC#[C][Sn]([C]#CCCCC)([C]#CCCCC)/[CH]=C/c1ccc2c3cccc4cccc(c5cccc1c52)c43. The fourth-order valence-corrected chi connectivity index (χ4v) is 11.6. The summed E-state index contributed by atoms with van der Waals surface area (Å²) in [6.45, 7) is 6.68. The van der Waals surface area contributed by atoms with Gasteiger partial charge in [-0.3, -0.25) is 0 Å². The van der Waals surface area contributed by atoms with E-state index >= 15 is 0 Å². The summed E-state index contributed by atoms with van der Waals surface area (Å²) in [5.74, 6) is 10.6. The Morgan fingerprint density at radius 1 is 0.537 bits per heavy atom. The van der Waals surface area contributed by atoms with Crippen molar-refractivity contribution in [2.24, 2.45) is 0 Å². The monoisotopic (exact) mass is 640 g/mol. The molecular weight excluding hydrogens is 599 g/mol. The molecule has 5 rings (SSSR count). The fraction of sp³-hybridized carbons (Fsp3) is 0.300. The standard InChI is InChI=1S/C22H13.3C6H9.Sn/c1-2-14-12-13-20-18-10-4-7-15-6-3-9-17(21(15)18)19-11-5-8-16(14)22(19)20;3*1-3-5-6-4-2;/h1-13H;3*3,5-6H2,1H3;. The molecule has 0 nitrogen and oxygen atoms in total. The van der Waals surface area contributed by atoms with Crippen LogP contribution < -0.4 is 0 Å². The van der Waals surface area contributed by atoms with E-state index < -0.39 is 18.4 Å². The predicted molar refractivity (Wildman–Crippen MR) is 184 cm³/mol. The Labute approximate surface area is 250 Å². The van der Waals surface area contributed by atoms with Crippen LogP contribution >= 0.6 is 0 Å². The molecule has 0 saturated carbocycles. The van der Waals surface area contributed by atoms with E-state index in [-0.39, 0.29) is 0 Å². The van der Waals surface area contributed by atoms with Crippen LogP contribution in [-0.2, 0) is 0 Å². The first-order valence-corrected chi connectivity index (χ1v) is 21.4.